The van der Waals surface area contributed by atoms with Crippen LogP contribution < -0.4 is 4.90 Å². The summed E-state index contributed by atoms with van der Waals surface area (Å²) >= 11 is 3.51. The van der Waals surface area contributed by atoms with Gasteiger partial charge < -0.3 is 4.90 Å². The molecule has 0 aromatic heterocycles. The summed E-state index contributed by atoms with van der Waals surface area (Å²) in [6.45, 7) is 2.56. The van der Waals surface area contributed by atoms with E-state index in [-0.39, 0.29) is 0 Å². The van der Waals surface area contributed by atoms with Gasteiger partial charge in [-0.15, -0.1) is 0 Å². The molecule has 1 saturated carbocycles. The summed E-state index contributed by atoms with van der Waals surface area (Å²) in [6.07, 6.45) is 1.48. The highest BCUT2D eigenvalue weighted by atomic mass is 79.9. The number of benzene rings is 1. The second-order valence-corrected chi connectivity index (χ2v) is 5.06. The molecule has 3 rings (SSSR count). The first-order valence-corrected chi connectivity index (χ1v) is 5.63. The van der Waals surface area contributed by atoms with Crippen LogP contribution >= 0.6 is 15.9 Å². The minimum Gasteiger partial charge on any atom is -0.371 e. The molecule has 1 aromatic rings. The van der Waals surface area contributed by atoms with Crippen LogP contribution in [0, 0.1) is 11.8 Å². The van der Waals surface area contributed by atoms with Crippen LogP contribution in [0.15, 0.2) is 28.7 Å². The van der Waals surface area contributed by atoms with Gasteiger partial charge in [-0.25, -0.2) is 0 Å². The van der Waals surface area contributed by atoms with E-state index in [0.717, 1.165) is 11.8 Å². The highest BCUT2D eigenvalue weighted by molar-refractivity contribution is 9.10. The number of piperidine rings is 1. The number of anilines is 1. The maximum atomic E-state index is 3.51. The molecular formula is C11H12BrN. The molecule has 2 atom stereocenters. The Morgan fingerprint density at radius 1 is 1.23 bits per heavy atom. The van der Waals surface area contributed by atoms with Crippen LogP contribution in [-0.2, 0) is 0 Å². The topological polar surface area (TPSA) is 3.24 Å². The summed E-state index contributed by atoms with van der Waals surface area (Å²) in [5.41, 5.74) is 1.38. The third kappa shape index (κ3) is 1.37. The molecule has 68 valence electrons. The van der Waals surface area contributed by atoms with Gasteiger partial charge in [0, 0.05) is 23.2 Å². The number of rotatable bonds is 1. The van der Waals surface area contributed by atoms with E-state index in [0.29, 0.717) is 0 Å². The Morgan fingerprint density at radius 2 is 2.00 bits per heavy atom. The lowest BCUT2D eigenvalue weighted by molar-refractivity contribution is 0.819. The zero-order valence-corrected chi connectivity index (χ0v) is 9.00. The Kier molecular flexibility index (Phi) is 1.66. The van der Waals surface area contributed by atoms with Crippen LogP contribution in [0.1, 0.15) is 6.42 Å². The van der Waals surface area contributed by atoms with Crippen molar-refractivity contribution in [2.45, 2.75) is 6.42 Å². The van der Waals surface area contributed by atoms with Crippen molar-refractivity contribution in [3.05, 3.63) is 28.7 Å². The molecule has 2 fully saturated rings. The van der Waals surface area contributed by atoms with Crippen LogP contribution in [0.4, 0.5) is 5.69 Å². The fourth-order valence-electron chi connectivity index (χ4n) is 2.28. The Morgan fingerprint density at radius 3 is 2.69 bits per heavy atom. The average molecular weight is 238 g/mol. The van der Waals surface area contributed by atoms with Gasteiger partial charge in [-0.05, 0) is 36.5 Å². The molecule has 0 bridgehead atoms. The van der Waals surface area contributed by atoms with Crippen LogP contribution in [-0.4, -0.2) is 13.1 Å². The fraction of sp³-hybridized carbons (Fsp3) is 0.455. The average Bonchev–Trinajstić information content (AvgIpc) is 2.74. The van der Waals surface area contributed by atoms with Crippen molar-refractivity contribution in [2.75, 3.05) is 18.0 Å². The summed E-state index contributed by atoms with van der Waals surface area (Å²) < 4.78 is 1.19. The minimum atomic E-state index is 1.01. The fourth-order valence-corrected chi connectivity index (χ4v) is 2.67. The largest absolute Gasteiger partial charge is 0.371 e. The van der Waals surface area contributed by atoms with Gasteiger partial charge in [0.05, 0.1) is 0 Å². The molecule has 1 nitrogen and oxygen atoms in total. The monoisotopic (exact) mass is 237 g/mol. The van der Waals surface area contributed by atoms with Crippen molar-refractivity contribution >= 4 is 21.6 Å². The first kappa shape index (κ1) is 7.86. The molecule has 13 heavy (non-hydrogen) atoms. The molecule has 1 aliphatic carbocycles. The third-order valence-corrected chi connectivity index (χ3v) is 3.65. The van der Waals surface area contributed by atoms with Crippen molar-refractivity contribution in [3.63, 3.8) is 0 Å². The molecule has 1 heterocycles. The number of fused-ring (bicyclic) bond motifs is 1. The van der Waals surface area contributed by atoms with Crippen molar-refractivity contribution in [1.29, 1.82) is 0 Å². The molecule has 1 aliphatic heterocycles. The van der Waals surface area contributed by atoms with Crippen LogP contribution in [0.25, 0.3) is 0 Å². The zero-order valence-electron chi connectivity index (χ0n) is 7.41. The highest BCUT2D eigenvalue weighted by Gasteiger charge is 2.44. The highest BCUT2D eigenvalue weighted by Crippen LogP contribution is 2.46. The molecule has 1 aromatic carbocycles. The van der Waals surface area contributed by atoms with E-state index < -0.39 is 0 Å². The van der Waals surface area contributed by atoms with Crippen LogP contribution in [0.3, 0.4) is 0 Å². The Labute approximate surface area is 86.9 Å². The van der Waals surface area contributed by atoms with Crippen LogP contribution in [0.5, 0.6) is 0 Å². The van der Waals surface area contributed by atoms with Gasteiger partial charge >= 0.3 is 0 Å². The summed E-state index contributed by atoms with van der Waals surface area (Å²) in [7, 11) is 0. The van der Waals surface area contributed by atoms with Gasteiger partial charge in [0.1, 0.15) is 0 Å². The van der Waals surface area contributed by atoms with E-state index in [1.807, 2.05) is 0 Å². The number of nitrogens with zero attached hydrogens (tertiary/aromatic N) is 1. The van der Waals surface area contributed by atoms with E-state index in [9.17, 15) is 0 Å². The molecule has 2 aliphatic rings. The number of halogens is 1. The van der Waals surface area contributed by atoms with Crippen molar-refractivity contribution in [3.8, 4) is 0 Å². The molecule has 0 spiro atoms. The second-order valence-electron chi connectivity index (χ2n) is 4.14. The molecule has 0 radical (unpaired) electrons. The van der Waals surface area contributed by atoms with Crippen molar-refractivity contribution < 1.29 is 0 Å². The molecule has 0 N–H and O–H groups in total. The van der Waals surface area contributed by atoms with E-state index >= 15 is 0 Å². The predicted molar refractivity (Wildman–Crippen MR) is 58.0 cm³/mol. The van der Waals surface area contributed by atoms with E-state index in [1.54, 1.807) is 0 Å². The second kappa shape index (κ2) is 2.74. The Bertz CT molecular complexity index is 327. The lowest BCUT2D eigenvalue weighted by Crippen LogP contribution is -2.21. The third-order valence-electron chi connectivity index (χ3n) is 3.15. The Balaban J connectivity index is 1.84. The maximum absolute atomic E-state index is 3.51. The number of hydrogen-bond donors (Lipinski definition) is 0. The van der Waals surface area contributed by atoms with Gasteiger partial charge in [-0.1, -0.05) is 22.0 Å². The van der Waals surface area contributed by atoms with Gasteiger partial charge in [-0.3, -0.25) is 0 Å². The molecule has 2 unspecified atom stereocenters. The normalized spacial score (nSPS) is 30.4. The van der Waals surface area contributed by atoms with Gasteiger partial charge in [0.2, 0.25) is 0 Å². The number of hydrogen-bond acceptors (Lipinski definition) is 1. The minimum absolute atomic E-state index is 1.01. The zero-order chi connectivity index (χ0) is 8.84. The first-order valence-electron chi connectivity index (χ1n) is 4.83. The summed E-state index contributed by atoms with van der Waals surface area (Å²) in [6, 6.07) is 8.62. The lowest BCUT2D eigenvalue weighted by atomic mass is 10.3. The van der Waals surface area contributed by atoms with Gasteiger partial charge in [0.25, 0.3) is 0 Å². The molecule has 1 saturated heterocycles. The van der Waals surface area contributed by atoms with Gasteiger partial charge in [0.15, 0.2) is 0 Å². The van der Waals surface area contributed by atoms with E-state index in [1.165, 1.54) is 29.7 Å². The predicted octanol–water partition coefficient (Wildman–Crippen LogP) is 2.91. The molecular weight excluding hydrogens is 226 g/mol. The van der Waals surface area contributed by atoms with Crippen molar-refractivity contribution in [1.82, 2.24) is 0 Å². The first-order chi connectivity index (χ1) is 6.33. The SMILES string of the molecule is Brc1cccc(N2CC3CC3C2)c1. The standard InChI is InChI=1S/C11H12BrN/c12-10-2-1-3-11(5-10)13-6-8-4-9(8)7-13/h1-3,5,8-9H,4,6-7H2. The Hall–Kier alpha value is -0.500. The van der Waals surface area contributed by atoms with E-state index in [4.69, 9.17) is 0 Å². The quantitative estimate of drug-likeness (QED) is 0.727. The van der Waals surface area contributed by atoms with Crippen molar-refractivity contribution in [2.24, 2.45) is 11.8 Å². The van der Waals surface area contributed by atoms with Gasteiger partial charge in [-0.2, -0.15) is 0 Å². The molecule has 2 heteroatoms. The van der Waals surface area contributed by atoms with E-state index in [2.05, 4.69) is 45.1 Å². The summed E-state index contributed by atoms with van der Waals surface area (Å²) in [5, 5.41) is 0. The lowest BCUT2D eigenvalue weighted by Gasteiger charge is -2.20. The smallest absolute Gasteiger partial charge is 0.0377 e. The summed E-state index contributed by atoms with van der Waals surface area (Å²) in [4.78, 5) is 2.50. The summed E-state index contributed by atoms with van der Waals surface area (Å²) in [5.74, 6) is 2.03. The molecule has 0 amide bonds. The van der Waals surface area contributed by atoms with Crippen LogP contribution in [0.2, 0.25) is 0 Å². The maximum Gasteiger partial charge on any atom is 0.0377 e.